The van der Waals surface area contributed by atoms with E-state index in [1.165, 1.54) is 6.20 Å². The second kappa shape index (κ2) is 8.56. The summed E-state index contributed by atoms with van der Waals surface area (Å²) in [5.41, 5.74) is 3.82. The van der Waals surface area contributed by atoms with Gasteiger partial charge in [0.1, 0.15) is 5.75 Å². The summed E-state index contributed by atoms with van der Waals surface area (Å²) in [4.78, 5) is 15.6. The van der Waals surface area contributed by atoms with Crippen molar-refractivity contribution in [2.24, 2.45) is 5.10 Å². The number of aromatic nitrogens is 1. The minimum absolute atomic E-state index is 0.288. The van der Waals surface area contributed by atoms with Gasteiger partial charge in [-0.25, -0.2) is 5.43 Å². The average Bonchev–Trinajstić information content (AvgIpc) is 2.57. The summed E-state index contributed by atoms with van der Waals surface area (Å²) in [6.45, 7) is 2.85. The molecule has 0 spiro atoms. The standard InChI is InChI=1S/C17H19N3O2/c1-2-3-11-22-16-8-6-14(7-9-16)12-19-20-17(21)15-5-4-10-18-13-15/h4-10,12-13H,2-3,11H2,1H3,(H,20,21)/b19-12+. The fraction of sp³-hybridized carbons (Fsp3) is 0.235. The van der Waals surface area contributed by atoms with Gasteiger partial charge in [-0.2, -0.15) is 5.10 Å². The molecule has 2 aromatic rings. The van der Waals surface area contributed by atoms with Gasteiger partial charge in [-0.05, 0) is 48.4 Å². The number of pyridine rings is 1. The van der Waals surface area contributed by atoms with Gasteiger partial charge in [0, 0.05) is 12.4 Å². The Bertz CT molecular complexity index is 610. The van der Waals surface area contributed by atoms with E-state index in [-0.39, 0.29) is 5.91 Å². The Kier molecular flexibility index (Phi) is 6.11. The summed E-state index contributed by atoms with van der Waals surface area (Å²) in [6, 6.07) is 10.9. The molecule has 0 unspecified atom stereocenters. The first-order valence-corrected chi connectivity index (χ1v) is 7.26. The molecule has 0 saturated heterocycles. The van der Waals surface area contributed by atoms with Gasteiger partial charge < -0.3 is 4.74 Å². The second-order valence-electron chi connectivity index (χ2n) is 4.71. The molecule has 2 rings (SSSR count). The first-order chi connectivity index (χ1) is 10.8. The Morgan fingerprint density at radius 2 is 2.14 bits per heavy atom. The van der Waals surface area contributed by atoms with Crippen molar-refractivity contribution < 1.29 is 9.53 Å². The lowest BCUT2D eigenvalue weighted by atomic mass is 10.2. The van der Waals surface area contributed by atoms with Crippen LogP contribution >= 0.6 is 0 Å². The number of carbonyl (C=O) groups is 1. The molecule has 5 heteroatoms. The summed E-state index contributed by atoms with van der Waals surface area (Å²) >= 11 is 0. The summed E-state index contributed by atoms with van der Waals surface area (Å²) in [6.07, 6.45) is 6.85. The van der Waals surface area contributed by atoms with Gasteiger partial charge in [0.25, 0.3) is 5.91 Å². The molecule has 0 fully saturated rings. The van der Waals surface area contributed by atoms with Gasteiger partial charge in [0.2, 0.25) is 0 Å². The first-order valence-electron chi connectivity index (χ1n) is 7.26. The maximum Gasteiger partial charge on any atom is 0.272 e. The number of hydrogen-bond donors (Lipinski definition) is 1. The number of hydrazone groups is 1. The molecule has 0 radical (unpaired) electrons. The average molecular weight is 297 g/mol. The number of nitrogens with one attached hydrogen (secondary N) is 1. The van der Waals surface area contributed by atoms with E-state index in [1.54, 1.807) is 24.5 Å². The molecule has 1 amide bonds. The number of nitrogens with zero attached hydrogens (tertiary/aromatic N) is 2. The number of ether oxygens (including phenoxy) is 1. The number of hydrogen-bond acceptors (Lipinski definition) is 4. The molecule has 1 N–H and O–H groups in total. The van der Waals surface area contributed by atoms with Crippen LogP contribution in [0.2, 0.25) is 0 Å². The van der Waals surface area contributed by atoms with Gasteiger partial charge in [0.05, 0.1) is 18.4 Å². The maximum absolute atomic E-state index is 11.8. The summed E-state index contributed by atoms with van der Waals surface area (Å²) in [5, 5.41) is 3.93. The minimum Gasteiger partial charge on any atom is -0.494 e. The lowest BCUT2D eigenvalue weighted by Gasteiger charge is -2.04. The van der Waals surface area contributed by atoms with Gasteiger partial charge in [-0.15, -0.1) is 0 Å². The Morgan fingerprint density at radius 3 is 2.82 bits per heavy atom. The molecular weight excluding hydrogens is 278 g/mol. The second-order valence-corrected chi connectivity index (χ2v) is 4.71. The maximum atomic E-state index is 11.8. The predicted octanol–water partition coefficient (Wildman–Crippen LogP) is 3.02. The van der Waals surface area contributed by atoms with Crippen molar-refractivity contribution in [1.29, 1.82) is 0 Å². The van der Waals surface area contributed by atoms with Crippen molar-refractivity contribution >= 4 is 12.1 Å². The monoisotopic (exact) mass is 297 g/mol. The third-order valence-electron chi connectivity index (χ3n) is 2.95. The molecule has 22 heavy (non-hydrogen) atoms. The lowest BCUT2D eigenvalue weighted by molar-refractivity contribution is 0.0955. The van der Waals surface area contributed by atoms with Crippen LogP contribution in [-0.2, 0) is 0 Å². The zero-order chi connectivity index (χ0) is 15.6. The summed E-state index contributed by atoms with van der Waals surface area (Å²) in [5.74, 6) is 0.550. The molecular formula is C17H19N3O2. The van der Waals surface area contributed by atoms with Crippen LogP contribution < -0.4 is 10.2 Å². The molecule has 1 aromatic carbocycles. The van der Waals surface area contributed by atoms with Gasteiger partial charge in [0.15, 0.2) is 0 Å². The molecule has 1 aromatic heterocycles. The number of rotatable bonds is 7. The third kappa shape index (κ3) is 5.01. The van der Waals surface area contributed by atoms with E-state index in [9.17, 15) is 4.79 Å². The molecule has 0 saturated carbocycles. The Morgan fingerprint density at radius 1 is 1.32 bits per heavy atom. The van der Waals surface area contributed by atoms with Crippen LogP contribution in [0.25, 0.3) is 0 Å². The highest BCUT2D eigenvalue weighted by molar-refractivity contribution is 5.94. The van der Waals surface area contributed by atoms with Crippen LogP contribution in [0.4, 0.5) is 0 Å². The molecule has 1 heterocycles. The number of carbonyl (C=O) groups excluding carboxylic acids is 1. The van der Waals surface area contributed by atoms with Crippen LogP contribution in [-0.4, -0.2) is 23.7 Å². The van der Waals surface area contributed by atoms with E-state index < -0.39 is 0 Å². The van der Waals surface area contributed by atoms with Crippen LogP contribution in [0.5, 0.6) is 5.75 Å². The lowest BCUT2D eigenvalue weighted by Crippen LogP contribution is -2.17. The summed E-state index contributed by atoms with van der Waals surface area (Å²) < 4.78 is 5.58. The third-order valence-corrected chi connectivity index (χ3v) is 2.95. The van der Waals surface area contributed by atoms with Gasteiger partial charge >= 0.3 is 0 Å². The number of benzene rings is 1. The fourth-order valence-electron chi connectivity index (χ4n) is 1.71. The topological polar surface area (TPSA) is 63.6 Å². The highest BCUT2D eigenvalue weighted by Crippen LogP contribution is 2.11. The first kappa shape index (κ1) is 15.7. The van der Waals surface area contributed by atoms with Crippen molar-refractivity contribution in [3.05, 3.63) is 59.9 Å². The molecule has 5 nitrogen and oxygen atoms in total. The normalized spacial score (nSPS) is 10.6. The highest BCUT2D eigenvalue weighted by atomic mass is 16.5. The Labute approximate surface area is 130 Å². The largest absolute Gasteiger partial charge is 0.494 e. The number of unbranched alkanes of at least 4 members (excludes halogenated alkanes) is 1. The van der Waals surface area contributed by atoms with Gasteiger partial charge in [-0.1, -0.05) is 13.3 Å². The van der Waals surface area contributed by atoms with Gasteiger partial charge in [-0.3, -0.25) is 9.78 Å². The zero-order valence-electron chi connectivity index (χ0n) is 12.5. The minimum atomic E-state index is -0.288. The van der Waals surface area contributed by atoms with E-state index in [0.29, 0.717) is 5.56 Å². The van der Waals surface area contributed by atoms with E-state index in [1.807, 2.05) is 24.3 Å². The van der Waals surface area contributed by atoms with E-state index in [4.69, 9.17) is 4.74 Å². The van der Waals surface area contributed by atoms with Crippen molar-refractivity contribution in [3.63, 3.8) is 0 Å². The molecule has 114 valence electrons. The van der Waals surface area contributed by atoms with Crippen LogP contribution in [0.1, 0.15) is 35.7 Å². The van der Waals surface area contributed by atoms with Crippen LogP contribution in [0, 0.1) is 0 Å². The predicted molar refractivity (Wildman–Crippen MR) is 86.1 cm³/mol. The van der Waals surface area contributed by atoms with E-state index in [2.05, 4.69) is 22.4 Å². The SMILES string of the molecule is CCCCOc1ccc(/C=N/NC(=O)c2cccnc2)cc1. The fourth-order valence-corrected chi connectivity index (χ4v) is 1.71. The quantitative estimate of drug-likeness (QED) is 0.485. The molecule has 0 aliphatic rings. The molecule has 0 aliphatic carbocycles. The zero-order valence-corrected chi connectivity index (χ0v) is 12.5. The summed E-state index contributed by atoms with van der Waals surface area (Å²) in [7, 11) is 0. The van der Waals surface area contributed by atoms with Crippen molar-refractivity contribution in [2.45, 2.75) is 19.8 Å². The smallest absolute Gasteiger partial charge is 0.272 e. The van der Waals surface area contributed by atoms with Crippen LogP contribution in [0.15, 0.2) is 53.9 Å². The van der Waals surface area contributed by atoms with Crippen molar-refractivity contribution in [2.75, 3.05) is 6.61 Å². The van der Waals surface area contributed by atoms with Crippen LogP contribution in [0.3, 0.4) is 0 Å². The molecule has 0 aliphatic heterocycles. The van der Waals surface area contributed by atoms with E-state index >= 15 is 0 Å². The highest BCUT2D eigenvalue weighted by Gasteiger charge is 2.02. The molecule has 0 bridgehead atoms. The Balaban J connectivity index is 1.84. The van der Waals surface area contributed by atoms with E-state index in [0.717, 1.165) is 30.8 Å². The number of amides is 1. The molecule has 0 atom stereocenters. The Hall–Kier alpha value is -2.69. The van der Waals surface area contributed by atoms with Crippen molar-refractivity contribution in [3.8, 4) is 5.75 Å². The van der Waals surface area contributed by atoms with Crippen molar-refractivity contribution in [1.82, 2.24) is 10.4 Å².